The monoisotopic (exact) mass is 496 g/mol. The van der Waals surface area contributed by atoms with Gasteiger partial charge in [-0.1, -0.05) is 45.0 Å². The van der Waals surface area contributed by atoms with Crippen LogP contribution in [0.15, 0.2) is 54.6 Å². The lowest BCUT2D eigenvalue weighted by Gasteiger charge is -2.24. The molecule has 1 saturated carbocycles. The van der Waals surface area contributed by atoms with Crippen molar-refractivity contribution >= 4 is 62.1 Å². The van der Waals surface area contributed by atoms with Crippen LogP contribution in [0.3, 0.4) is 0 Å². The highest BCUT2D eigenvalue weighted by Crippen LogP contribution is 2.59. The fourth-order valence-electron chi connectivity index (χ4n) is 2.97. The Balaban J connectivity index is 1.39. The third kappa shape index (κ3) is 4.89. The lowest BCUT2D eigenvalue weighted by atomic mass is 10.1. The molecule has 4 rings (SSSR count). The predicted octanol–water partition coefficient (Wildman–Crippen LogP) is 7.63. The maximum atomic E-state index is 12.7. The zero-order chi connectivity index (χ0) is 21.5. The van der Waals surface area contributed by atoms with Gasteiger partial charge in [-0.2, -0.15) is 0 Å². The molecular formula is C22H18Cl2O3S3. The molecule has 1 atom stereocenters. The minimum atomic E-state index is -1.16. The molecule has 0 bridgehead atoms. The number of hydrogen-bond donors (Lipinski definition) is 0. The van der Waals surface area contributed by atoms with E-state index >= 15 is 0 Å². The molecule has 1 aliphatic carbocycles. The third-order valence-corrected chi connectivity index (χ3v) is 8.53. The third-order valence-electron chi connectivity index (χ3n) is 4.78. The first-order valence-electron chi connectivity index (χ1n) is 9.24. The number of benzene rings is 2. The molecular weight excluding hydrogens is 479 g/mol. The van der Waals surface area contributed by atoms with E-state index in [1.54, 1.807) is 46.7 Å². The van der Waals surface area contributed by atoms with Crippen LogP contribution < -0.4 is 9.47 Å². The van der Waals surface area contributed by atoms with Crippen molar-refractivity contribution in [2.45, 2.75) is 36.1 Å². The van der Waals surface area contributed by atoms with Crippen LogP contribution in [0.25, 0.3) is 10.4 Å². The maximum Gasteiger partial charge on any atom is 0.355 e. The number of carbonyl (C=O) groups excluding carboxylic acids is 1. The zero-order valence-electron chi connectivity index (χ0n) is 16.2. The predicted molar refractivity (Wildman–Crippen MR) is 127 cm³/mol. The summed E-state index contributed by atoms with van der Waals surface area (Å²) in [4.78, 5) is 13.8. The molecule has 0 aliphatic heterocycles. The van der Waals surface area contributed by atoms with E-state index < -0.39 is 15.9 Å². The Kier molecular flexibility index (Phi) is 5.99. The summed E-state index contributed by atoms with van der Waals surface area (Å²) in [5, 5.41) is 0. The van der Waals surface area contributed by atoms with Crippen LogP contribution in [-0.2, 0) is 4.79 Å². The van der Waals surface area contributed by atoms with Crippen LogP contribution >= 0.6 is 56.1 Å². The Hall–Kier alpha value is -1.44. The number of halogens is 2. The second kappa shape index (κ2) is 8.24. The fourth-order valence-corrected chi connectivity index (χ4v) is 5.93. The highest BCUT2D eigenvalue weighted by molar-refractivity contribution is 7.80. The number of rotatable bonds is 6. The highest BCUT2D eigenvalue weighted by Gasteiger charge is 2.52. The molecule has 0 amide bonds. The molecule has 1 fully saturated rings. The Bertz CT molecular complexity index is 1120. The molecule has 0 spiro atoms. The molecule has 3 nitrogen and oxygen atoms in total. The standard InChI is InChI=1S/C22H18Cl2O3S3/c1-21(2,27-16-9-3-13(4-10-16)17-12-22(17,23)24)20(25)26-15-7-5-14(6-8-15)18-11-19(28)30-29-18/h3-11,17H,12H2,1-2H3. The van der Waals surface area contributed by atoms with Gasteiger partial charge in [0.2, 0.25) is 5.60 Å². The van der Waals surface area contributed by atoms with Gasteiger partial charge >= 0.3 is 5.97 Å². The Morgan fingerprint density at radius 3 is 2.20 bits per heavy atom. The Morgan fingerprint density at radius 2 is 1.67 bits per heavy atom. The van der Waals surface area contributed by atoms with Crippen molar-refractivity contribution in [3.8, 4) is 21.9 Å². The van der Waals surface area contributed by atoms with E-state index in [1.165, 1.54) is 0 Å². The molecule has 1 aliphatic rings. The van der Waals surface area contributed by atoms with Crippen molar-refractivity contribution in [1.29, 1.82) is 0 Å². The maximum absolute atomic E-state index is 12.7. The van der Waals surface area contributed by atoms with E-state index in [-0.39, 0.29) is 5.92 Å². The number of carbonyl (C=O) groups is 1. The van der Waals surface area contributed by atoms with E-state index in [0.29, 0.717) is 11.5 Å². The number of alkyl halides is 2. The average Bonchev–Trinajstić information content (AvgIpc) is 3.12. The summed E-state index contributed by atoms with van der Waals surface area (Å²) in [6.07, 6.45) is 0.744. The van der Waals surface area contributed by atoms with Crippen molar-refractivity contribution in [2.24, 2.45) is 0 Å². The van der Waals surface area contributed by atoms with Crippen molar-refractivity contribution in [3.63, 3.8) is 0 Å². The second-order valence-corrected chi connectivity index (χ2v) is 12.1. The van der Waals surface area contributed by atoms with Gasteiger partial charge < -0.3 is 9.47 Å². The minimum absolute atomic E-state index is 0.142. The quantitative estimate of drug-likeness (QED) is 0.115. The Labute approximate surface area is 197 Å². The van der Waals surface area contributed by atoms with Gasteiger partial charge in [0, 0.05) is 10.8 Å². The minimum Gasteiger partial charge on any atom is -0.476 e. The van der Waals surface area contributed by atoms with Gasteiger partial charge in [-0.15, -0.1) is 23.2 Å². The molecule has 8 heteroatoms. The molecule has 1 unspecified atom stereocenters. The number of ether oxygens (including phenoxy) is 2. The van der Waals surface area contributed by atoms with Crippen LogP contribution in [0.2, 0.25) is 0 Å². The summed E-state index contributed by atoms with van der Waals surface area (Å²) in [6, 6.07) is 16.8. The molecule has 3 aromatic rings. The van der Waals surface area contributed by atoms with Gasteiger partial charge in [-0.05, 0) is 73.9 Å². The number of esters is 1. The molecule has 0 saturated heterocycles. The number of hydrogen-bond acceptors (Lipinski definition) is 6. The van der Waals surface area contributed by atoms with Crippen molar-refractivity contribution in [3.05, 3.63) is 64.0 Å². The van der Waals surface area contributed by atoms with Crippen molar-refractivity contribution in [1.82, 2.24) is 0 Å². The van der Waals surface area contributed by atoms with Gasteiger partial charge in [-0.3, -0.25) is 0 Å². The molecule has 30 heavy (non-hydrogen) atoms. The average molecular weight is 497 g/mol. The van der Waals surface area contributed by atoms with E-state index in [1.807, 2.05) is 42.5 Å². The Morgan fingerprint density at radius 1 is 1.07 bits per heavy atom. The van der Waals surface area contributed by atoms with Gasteiger partial charge in [0.25, 0.3) is 0 Å². The van der Waals surface area contributed by atoms with Crippen molar-refractivity contribution < 1.29 is 14.3 Å². The van der Waals surface area contributed by atoms with E-state index in [0.717, 1.165) is 26.2 Å². The summed E-state index contributed by atoms with van der Waals surface area (Å²) in [6.45, 7) is 3.36. The topological polar surface area (TPSA) is 35.5 Å². The van der Waals surface area contributed by atoms with Crippen molar-refractivity contribution in [2.75, 3.05) is 0 Å². The molecule has 0 radical (unpaired) electrons. The van der Waals surface area contributed by atoms with E-state index in [9.17, 15) is 4.79 Å². The van der Waals surface area contributed by atoms with E-state index in [2.05, 4.69) is 0 Å². The van der Waals surface area contributed by atoms with Crippen LogP contribution in [-0.4, -0.2) is 15.9 Å². The summed E-state index contributed by atoms with van der Waals surface area (Å²) < 4.78 is 11.6. The summed E-state index contributed by atoms with van der Waals surface area (Å²) in [5.74, 6) is 0.700. The van der Waals surface area contributed by atoms with E-state index in [4.69, 9.17) is 44.9 Å². The lowest BCUT2D eigenvalue weighted by molar-refractivity contribution is -0.149. The molecule has 2 aromatic carbocycles. The highest BCUT2D eigenvalue weighted by atomic mass is 35.5. The van der Waals surface area contributed by atoms with Gasteiger partial charge in [-0.25, -0.2) is 4.79 Å². The fraction of sp³-hybridized carbons (Fsp3) is 0.273. The van der Waals surface area contributed by atoms with Crippen LogP contribution in [0.4, 0.5) is 0 Å². The first kappa shape index (κ1) is 21.8. The first-order chi connectivity index (χ1) is 14.1. The molecule has 1 heterocycles. The first-order valence-corrected chi connectivity index (χ1v) is 12.6. The SMILES string of the molecule is CC(C)(Oc1ccc(C2CC2(Cl)Cl)cc1)C(=O)Oc1ccc(-c2cc(=S)ss2)cc1. The normalized spacial score (nSPS) is 17.4. The van der Waals surface area contributed by atoms with Gasteiger partial charge in [0.05, 0.1) is 0 Å². The van der Waals surface area contributed by atoms with Crippen LogP contribution in [0.1, 0.15) is 31.7 Å². The summed E-state index contributed by atoms with van der Waals surface area (Å²) in [7, 11) is 3.19. The largest absolute Gasteiger partial charge is 0.476 e. The summed E-state index contributed by atoms with van der Waals surface area (Å²) >= 11 is 17.4. The molecule has 0 N–H and O–H groups in total. The van der Waals surface area contributed by atoms with Gasteiger partial charge in [0.15, 0.2) is 0 Å². The van der Waals surface area contributed by atoms with Gasteiger partial charge in [0.1, 0.15) is 19.7 Å². The summed E-state index contributed by atoms with van der Waals surface area (Å²) in [5.41, 5.74) is 0.939. The lowest BCUT2D eigenvalue weighted by Crippen LogP contribution is -2.41. The zero-order valence-corrected chi connectivity index (χ0v) is 20.1. The smallest absolute Gasteiger partial charge is 0.355 e. The molecule has 1 aromatic heterocycles. The second-order valence-electron chi connectivity index (χ2n) is 7.61. The van der Waals surface area contributed by atoms with Crippen LogP contribution in [0, 0.1) is 3.82 Å². The van der Waals surface area contributed by atoms with Crippen LogP contribution in [0.5, 0.6) is 11.5 Å². The molecule has 156 valence electrons.